The number of hydrogen-bond acceptors (Lipinski definition) is 4. The van der Waals surface area contributed by atoms with Gasteiger partial charge in [-0.25, -0.2) is 0 Å². The molecular formula is C19H20F3N3O3. The molecule has 1 aromatic heterocycles. The molecule has 0 spiro atoms. The maximum absolute atomic E-state index is 12.8. The summed E-state index contributed by atoms with van der Waals surface area (Å²) in [5.41, 5.74) is -1.26. The van der Waals surface area contributed by atoms with E-state index in [-0.39, 0.29) is 16.9 Å². The van der Waals surface area contributed by atoms with E-state index in [0.717, 1.165) is 18.2 Å². The highest BCUT2D eigenvalue weighted by molar-refractivity contribution is 5.96. The standard InChI is InChI=1S/C19H20F3N3O3/c1-18(2,3)25-17(28)14-10-13(6-7-23-14)24-16(27)9-11-8-12(19(20,21)22)4-5-15(11)26/h4-8,10,26H,9H2,1-3H3,(H,25,28)(H,23,24,27). The van der Waals surface area contributed by atoms with Crippen LogP contribution >= 0.6 is 0 Å². The van der Waals surface area contributed by atoms with Crippen LogP contribution in [0.4, 0.5) is 18.9 Å². The Morgan fingerprint density at radius 3 is 2.39 bits per heavy atom. The van der Waals surface area contributed by atoms with Crippen LogP contribution < -0.4 is 10.6 Å². The summed E-state index contributed by atoms with van der Waals surface area (Å²) in [6, 6.07) is 5.15. The van der Waals surface area contributed by atoms with E-state index in [4.69, 9.17) is 0 Å². The second kappa shape index (κ2) is 7.87. The van der Waals surface area contributed by atoms with Crippen molar-refractivity contribution in [2.45, 2.75) is 38.9 Å². The normalized spacial score (nSPS) is 11.8. The van der Waals surface area contributed by atoms with Crippen molar-refractivity contribution in [1.29, 1.82) is 0 Å². The molecule has 150 valence electrons. The summed E-state index contributed by atoms with van der Waals surface area (Å²) in [5.74, 6) is -1.50. The van der Waals surface area contributed by atoms with Gasteiger partial charge < -0.3 is 15.7 Å². The molecule has 1 heterocycles. The van der Waals surface area contributed by atoms with E-state index in [2.05, 4.69) is 15.6 Å². The molecule has 0 unspecified atom stereocenters. The number of pyridine rings is 1. The predicted octanol–water partition coefficient (Wildman–Crippen LogP) is 3.52. The van der Waals surface area contributed by atoms with E-state index < -0.39 is 41.3 Å². The second-order valence-electron chi connectivity index (χ2n) is 7.20. The summed E-state index contributed by atoms with van der Waals surface area (Å²) in [6.45, 7) is 5.41. The molecule has 2 amide bonds. The Morgan fingerprint density at radius 1 is 1.11 bits per heavy atom. The van der Waals surface area contributed by atoms with E-state index in [0.29, 0.717) is 0 Å². The van der Waals surface area contributed by atoms with Crippen molar-refractivity contribution >= 4 is 17.5 Å². The molecule has 2 aromatic rings. The van der Waals surface area contributed by atoms with Crippen LogP contribution in [0.15, 0.2) is 36.5 Å². The number of alkyl halides is 3. The number of carbonyl (C=O) groups excluding carboxylic acids is 2. The molecule has 0 radical (unpaired) electrons. The average Bonchev–Trinajstić information content (AvgIpc) is 2.54. The van der Waals surface area contributed by atoms with Crippen LogP contribution in [0.3, 0.4) is 0 Å². The molecule has 1 aromatic carbocycles. The highest BCUT2D eigenvalue weighted by Gasteiger charge is 2.31. The fraction of sp³-hybridized carbons (Fsp3) is 0.316. The zero-order chi connectivity index (χ0) is 21.1. The number of hydrogen-bond donors (Lipinski definition) is 3. The van der Waals surface area contributed by atoms with Crippen LogP contribution in [-0.4, -0.2) is 27.4 Å². The molecule has 0 aliphatic carbocycles. The van der Waals surface area contributed by atoms with Gasteiger partial charge in [-0.15, -0.1) is 0 Å². The van der Waals surface area contributed by atoms with Gasteiger partial charge in [-0.3, -0.25) is 14.6 Å². The Labute approximate surface area is 159 Å². The summed E-state index contributed by atoms with van der Waals surface area (Å²) >= 11 is 0. The molecule has 0 saturated heterocycles. The van der Waals surface area contributed by atoms with Gasteiger partial charge in [0, 0.05) is 23.0 Å². The second-order valence-corrected chi connectivity index (χ2v) is 7.20. The van der Waals surface area contributed by atoms with Crippen LogP contribution in [0, 0.1) is 0 Å². The number of nitrogens with zero attached hydrogens (tertiary/aromatic N) is 1. The summed E-state index contributed by atoms with van der Waals surface area (Å²) in [4.78, 5) is 28.3. The lowest BCUT2D eigenvalue weighted by Crippen LogP contribution is -2.40. The van der Waals surface area contributed by atoms with E-state index in [1.54, 1.807) is 20.8 Å². The van der Waals surface area contributed by atoms with Crippen molar-refractivity contribution in [2.24, 2.45) is 0 Å². The molecule has 0 aliphatic rings. The minimum Gasteiger partial charge on any atom is -0.508 e. The summed E-state index contributed by atoms with van der Waals surface area (Å²) in [7, 11) is 0. The van der Waals surface area contributed by atoms with Gasteiger partial charge in [0.2, 0.25) is 5.91 Å². The van der Waals surface area contributed by atoms with Crippen LogP contribution in [-0.2, 0) is 17.4 Å². The van der Waals surface area contributed by atoms with Gasteiger partial charge in [0.15, 0.2) is 0 Å². The molecule has 9 heteroatoms. The molecule has 28 heavy (non-hydrogen) atoms. The highest BCUT2D eigenvalue weighted by Crippen LogP contribution is 2.32. The van der Waals surface area contributed by atoms with Crippen molar-refractivity contribution in [3.05, 3.63) is 53.3 Å². The number of aromatic nitrogens is 1. The number of amides is 2. The number of rotatable bonds is 4. The van der Waals surface area contributed by atoms with Crippen LogP contribution in [0.5, 0.6) is 5.75 Å². The van der Waals surface area contributed by atoms with Crippen molar-refractivity contribution in [2.75, 3.05) is 5.32 Å². The molecular weight excluding hydrogens is 375 g/mol. The molecule has 0 fully saturated rings. The SMILES string of the molecule is CC(C)(C)NC(=O)c1cc(NC(=O)Cc2cc(C(F)(F)F)ccc2O)ccn1. The van der Waals surface area contributed by atoms with Crippen LogP contribution in [0.1, 0.15) is 42.4 Å². The highest BCUT2D eigenvalue weighted by atomic mass is 19.4. The third-order valence-corrected chi connectivity index (χ3v) is 3.52. The molecule has 2 rings (SSSR count). The largest absolute Gasteiger partial charge is 0.508 e. The van der Waals surface area contributed by atoms with E-state index >= 15 is 0 Å². The van der Waals surface area contributed by atoms with Gasteiger partial charge in [-0.1, -0.05) is 0 Å². The first kappa shape index (κ1) is 21.2. The lowest BCUT2D eigenvalue weighted by atomic mass is 10.1. The monoisotopic (exact) mass is 395 g/mol. The Balaban J connectivity index is 2.12. The first-order valence-corrected chi connectivity index (χ1v) is 8.33. The third kappa shape index (κ3) is 5.97. The van der Waals surface area contributed by atoms with Crippen LogP contribution in [0.25, 0.3) is 0 Å². The van der Waals surface area contributed by atoms with E-state index in [1.165, 1.54) is 18.3 Å². The van der Waals surface area contributed by atoms with Gasteiger partial charge >= 0.3 is 6.18 Å². The zero-order valence-corrected chi connectivity index (χ0v) is 15.5. The Hall–Kier alpha value is -3.10. The van der Waals surface area contributed by atoms with Crippen molar-refractivity contribution in [1.82, 2.24) is 10.3 Å². The predicted molar refractivity (Wildman–Crippen MR) is 96.9 cm³/mol. The first-order chi connectivity index (χ1) is 12.8. The molecule has 0 atom stereocenters. The number of anilines is 1. The summed E-state index contributed by atoms with van der Waals surface area (Å²) < 4.78 is 38.4. The van der Waals surface area contributed by atoms with Gasteiger partial charge in [0.05, 0.1) is 12.0 Å². The van der Waals surface area contributed by atoms with Gasteiger partial charge in [0.1, 0.15) is 11.4 Å². The number of aromatic hydroxyl groups is 1. The first-order valence-electron chi connectivity index (χ1n) is 8.33. The molecule has 0 bridgehead atoms. The van der Waals surface area contributed by atoms with E-state index in [9.17, 15) is 27.9 Å². The fourth-order valence-electron chi connectivity index (χ4n) is 2.32. The molecule has 0 aliphatic heterocycles. The number of carbonyl (C=O) groups is 2. The van der Waals surface area contributed by atoms with Crippen molar-refractivity contribution in [3.63, 3.8) is 0 Å². The fourth-order valence-corrected chi connectivity index (χ4v) is 2.32. The number of phenolic OH excluding ortho intramolecular Hbond substituents is 1. The lowest BCUT2D eigenvalue weighted by Gasteiger charge is -2.20. The maximum atomic E-state index is 12.8. The number of halogens is 3. The Kier molecular flexibility index (Phi) is 5.96. The number of phenols is 1. The lowest BCUT2D eigenvalue weighted by molar-refractivity contribution is -0.137. The number of benzene rings is 1. The van der Waals surface area contributed by atoms with Crippen LogP contribution in [0.2, 0.25) is 0 Å². The van der Waals surface area contributed by atoms with Crippen molar-refractivity contribution < 1.29 is 27.9 Å². The molecule has 3 N–H and O–H groups in total. The summed E-state index contributed by atoms with van der Waals surface area (Å²) in [5, 5.41) is 14.9. The van der Waals surface area contributed by atoms with Gasteiger partial charge in [-0.2, -0.15) is 13.2 Å². The minimum absolute atomic E-state index is 0.0784. The maximum Gasteiger partial charge on any atom is 0.416 e. The third-order valence-electron chi connectivity index (χ3n) is 3.52. The van der Waals surface area contributed by atoms with E-state index in [1.807, 2.05) is 0 Å². The molecule has 0 saturated carbocycles. The Bertz CT molecular complexity index is 890. The Morgan fingerprint density at radius 2 is 1.79 bits per heavy atom. The quantitative estimate of drug-likeness (QED) is 0.739. The molecule has 6 nitrogen and oxygen atoms in total. The number of nitrogens with one attached hydrogen (secondary N) is 2. The zero-order valence-electron chi connectivity index (χ0n) is 15.5. The van der Waals surface area contributed by atoms with Gasteiger partial charge in [-0.05, 0) is 51.1 Å². The smallest absolute Gasteiger partial charge is 0.416 e. The topological polar surface area (TPSA) is 91.3 Å². The summed E-state index contributed by atoms with van der Waals surface area (Å²) in [6.07, 6.45) is -3.73. The minimum atomic E-state index is -4.58. The van der Waals surface area contributed by atoms with Gasteiger partial charge in [0.25, 0.3) is 5.91 Å². The van der Waals surface area contributed by atoms with Crippen molar-refractivity contribution in [3.8, 4) is 5.75 Å². The average molecular weight is 395 g/mol.